The molecule has 0 aromatic heterocycles. The molecule has 2 nitrogen and oxygen atoms in total. The first kappa shape index (κ1) is 15.8. The van der Waals surface area contributed by atoms with Gasteiger partial charge in [-0.3, -0.25) is 4.90 Å². The summed E-state index contributed by atoms with van der Waals surface area (Å²) in [6.45, 7) is 2.65. The minimum absolute atomic E-state index is 0.208. The van der Waals surface area contributed by atoms with Gasteiger partial charge in [0.15, 0.2) is 0 Å². The Morgan fingerprint density at radius 2 is 1.89 bits per heavy atom. The molecule has 1 atom stereocenters. The normalized spacial score (nSPS) is 19.7. The van der Waals surface area contributed by atoms with Crippen molar-refractivity contribution in [3.05, 3.63) is 0 Å². The van der Waals surface area contributed by atoms with E-state index in [1.807, 2.05) is 0 Å². The Morgan fingerprint density at radius 1 is 1.28 bits per heavy atom. The van der Waals surface area contributed by atoms with Crippen molar-refractivity contribution in [2.75, 3.05) is 26.7 Å². The molecule has 0 bridgehead atoms. The third-order valence-corrected chi connectivity index (χ3v) is 3.58. The Hall–Kier alpha value is -0.290. The van der Waals surface area contributed by atoms with Crippen LogP contribution in [0.5, 0.6) is 0 Å². The van der Waals surface area contributed by atoms with Gasteiger partial charge in [0.2, 0.25) is 0 Å². The fraction of sp³-hybridized carbons (Fsp3) is 1.00. The van der Waals surface area contributed by atoms with E-state index in [4.69, 9.17) is 0 Å². The van der Waals surface area contributed by atoms with Crippen LogP contribution in [0.4, 0.5) is 13.2 Å². The van der Waals surface area contributed by atoms with Gasteiger partial charge in [-0.2, -0.15) is 13.2 Å². The second-order valence-electron chi connectivity index (χ2n) is 5.42. The molecule has 18 heavy (non-hydrogen) atoms. The average Bonchev–Trinajstić information content (AvgIpc) is 2.74. The summed E-state index contributed by atoms with van der Waals surface area (Å²) >= 11 is 0. The summed E-state index contributed by atoms with van der Waals surface area (Å²) in [6.07, 6.45) is 1.67. The Kier molecular flexibility index (Phi) is 6.43. The van der Waals surface area contributed by atoms with E-state index in [-0.39, 0.29) is 6.04 Å². The average molecular weight is 266 g/mol. The minimum Gasteiger partial charge on any atom is -0.312 e. The van der Waals surface area contributed by atoms with E-state index >= 15 is 0 Å². The fourth-order valence-electron chi connectivity index (χ4n) is 2.78. The van der Waals surface area contributed by atoms with E-state index in [9.17, 15) is 13.2 Å². The Balaban J connectivity index is 2.43. The SMILES string of the molecule is CCCNC(CN(C)CC(F)(F)F)C1CCCC1. The molecule has 1 unspecified atom stereocenters. The van der Waals surface area contributed by atoms with E-state index in [0.717, 1.165) is 25.8 Å². The van der Waals surface area contributed by atoms with Crippen molar-refractivity contribution in [3.63, 3.8) is 0 Å². The largest absolute Gasteiger partial charge is 0.401 e. The van der Waals surface area contributed by atoms with Crippen molar-refractivity contribution < 1.29 is 13.2 Å². The molecule has 0 heterocycles. The van der Waals surface area contributed by atoms with Crippen LogP contribution in [0.25, 0.3) is 0 Å². The number of nitrogens with zero attached hydrogens (tertiary/aromatic N) is 1. The molecule has 0 spiro atoms. The van der Waals surface area contributed by atoms with Crippen molar-refractivity contribution >= 4 is 0 Å². The third-order valence-electron chi connectivity index (χ3n) is 3.58. The number of likely N-dealkylation sites (N-methyl/N-ethyl adjacent to an activating group) is 1. The Labute approximate surface area is 108 Å². The molecule has 1 fully saturated rings. The lowest BCUT2D eigenvalue weighted by Crippen LogP contribution is -2.46. The maximum Gasteiger partial charge on any atom is 0.401 e. The molecular weight excluding hydrogens is 241 g/mol. The number of hydrogen-bond acceptors (Lipinski definition) is 2. The Morgan fingerprint density at radius 3 is 2.39 bits per heavy atom. The first-order chi connectivity index (χ1) is 8.42. The lowest BCUT2D eigenvalue weighted by Gasteiger charge is -2.29. The molecule has 1 N–H and O–H groups in total. The van der Waals surface area contributed by atoms with Crippen molar-refractivity contribution in [2.24, 2.45) is 5.92 Å². The highest BCUT2D eigenvalue weighted by atomic mass is 19.4. The van der Waals surface area contributed by atoms with Crippen molar-refractivity contribution in [1.82, 2.24) is 10.2 Å². The van der Waals surface area contributed by atoms with Gasteiger partial charge in [0.25, 0.3) is 0 Å². The molecule has 1 aliphatic rings. The topological polar surface area (TPSA) is 15.3 Å². The van der Waals surface area contributed by atoms with Gasteiger partial charge in [0, 0.05) is 12.6 Å². The summed E-state index contributed by atoms with van der Waals surface area (Å²) in [7, 11) is 1.56. The predicted octanol–water partition coefficient (Wildman–Crippen LogP) is 3.04. The lowest BCUT2D eigenvalue weighted by atomic mass is 9.97. The highest BCUT2D eigenvalue weighted by Crippen LogP contribution is 2.28. The van der Waals surface area contributed by atoms with Gasteiger partial charge in [0.1, 0.15) is 0 Å². The van der Waals surface area contributed by atoms with Crippen LogP contribution in [0.15, 0.2) is 0 Å². The van der Waals surface area contributed by atoms with E-state index in [0.29, 0.717) is 12.5 Å². The Bertz CT molecular complexity index is 225. The quantitative estimate of drug-likeness (QED) is 0.762. The standard InChI is InChI=1S/C13H25F3N2/c1-3-8-17-12(11-6-4-5-7-11)9-18(2)10-13(14,15)16/h11-12,17H,3-10H2,1-2H3. The minimum atomic E-state index is -4.10. The van der Waals surface area contributed by atoms with Crippen molar-refractivity contribution in [3.8, 4) is 0 Å². The molecular formula is C13H25F3N2. The second kappa shape index (κ2) is 7.34. The molecule has 0 aromatic carbocycles. The summed E-state index contributed by atoms with van der Waals surface area (Å²) in [5, 5.41) is 3.42. The predicted molar refractivity (Wildman–Crippen MR) is 67.6 cm³/mol. The molecule has 5 heteroatoms. The molecule has 0 aromatic rings. The molecule has 108 valence electrons. The maximum atomic E-state index is 12.3. The number of alkyl halides is 3. The van der Waals surface area contributed by atoms with Crippen LogP contribution >= 0.6 is 0 Å². The van der Waals surface area contributed by atoms with Gasteiger partial charge in [0.05, 0.1) is 6.54 Å². The summed E-state index contributed by atoms with van der Waals surface area (Å²) in [4.78, 5) is 1.39. The van der Waals surface area contributed by atoms with Gasteiger partial charge in [-0.15, -0.1) is 0 Å². The van der Waals surface area contributed by atoms with Crippen LogP contribution in [0.2, 0.25) is 0 Å². The number of hydrogen-bond donors (Lipinski definition) is 1. The van der Waals surface area contributed by atoms with Crippen LogP contribution < -0.4 is 5.32 Å². The van der Waals surface area contributed by atoms with Crippen LogP contribution in [-0.4, -0.2) is 43.8 Å². The van der Waals surface area contributed by atoms with Crippen molar-refractivity contribution in [1.29, 1.82) is 0 Å². The zero-order valence-corrected chi connectivity index (χ0v) is 11.4. The molecule has 0 amide bonds. The van der Waals surface area contributed by atoms with E-state index in [1.165, 1.54) is 17.7 Å². The van der Waals surface area contributed by atoms with Gasteiger partial charge < -0.3 is 5.32 Å². The van der Waals surface area contributed by atoms with E-state index < -0.39 is 12.7 Å². The smallest absolute Gasteiger partial charge is 0.312 e. The zero-order valence-electron chi connectivity index (χ0n) is 11.4. The molecule has 0 aliphatic heterocycles. The molecule has 1 saturated carbocycles. The number of halogens is 3. The van der Waals surface area contributed by atoms with Gasteiger partial charge >= 0.3 is 6.18 Å². The molecule has 0 radical (unpaired) electrons. The van der Waals surface area contributed by atoms with Gasteiger partial charge in [-0.05, 0) is 38.8 Å². The number of rotatable bonds is 7. The van der Waals surface area contributed by atoms with Crippen LogP contribution in [0.3, 0.4) is 0 Å². The first-order valence-corrected chi connectivity index (χ1v) is 6.91. The highest BCUT2D eigenvalue weighted by molar-refractivity contribution is 4.83. The van der Waals surface area contributed by atoms with Crippen molar-refractivity contribution in [2.45, 2.75) is 51.2 Å². The van der Waals surface area contributed by atoms with E-state index in [2.05, 4.69) is 12.2 Å². The molecule has 1 rings (SSSR count). The lowest BCUT2D eigenvalue weighted by molar-refractivity contribution is -0.143. The summed E-state index contributed by atoms with van der Waals surface area (Å²) in [6, 6.07) is 0.208. The van der Waals surface area contributed by atoms with Crippen LogP contribution in [0.1, 0.15) is 39.0 Å². The maximum absolute atomic E-state index is 12.3. The second-order valence-corrected chi connectivity index (χ2v) is 5.42. The monoisotopic (exact) mass is 266 g/mol. The zero-order chi connectivity index (χ0) is 13.6. The molecule has 0 saturated heterocycles. The van der Waals surface area contributed by atoms with Gasteiger partial charge in [-0.1, -0.05) is 19.8 Å². The van der Waals surface area contributed by atoms with E-state index in [1.54, 1.807) is 7.05 Å². The highest BCUT2D eigenvalue weighted by Gasteiger charge is 2.32. The summed E-state index contributed by atoms with van der Waals surface area (Å²) in [5.74, 6) is 0.548. The number of nitrogens with one attached hydrogen (secondary N) is 1. The summed E-state index contributed by atoms with van der Waals surface area (Å²) in [5.41, 5.74) is 0. The first-order valence-electron chi connectivity index (χ1n) is 6.91. The fourth-order valence-corrected chi connectivity index (χ4v) is 2.78. The van der Waals surface area contributed by atoms with Crippen LogP contribution in [-0.2, 0) is 0 Å². The van der Waals surface area contributed by atoms with Gasteiger partial charge in [-0.25, -0.2) is 0 Å². The van der Waals surface area contributed by atoms with Crippen LogP contribution in [0, 0.1) is 5.92 Å². The third kappa shape index (κ3) is 6.05. The summed E-state index contributed by atoms with van der Waals surface area (Å²) < 4.78 is 37.0. The molecule has 1 aliphatic carbocycles.